The van der Waals surface area contributed by atoms with Crippen LogP contribution in [0.5, 0.6) is 17.2 Å². The van der Waals surface area contributed by atoms with E-state index in [2.05, 4.69) is 10.1 Å². The molecule has 0 saturated carbocycles. The second-order valence-corrected chi connectivity index (χ2v) is 5.39. The molecular weight excluding hydrogens is 372 g/mol. The molecule has 0 radical (unpaired) electrons. The van der Waals surface area contributed by atoms with Crippen LogP contribution in [0.4, 0.5) is 11.4 Å². The van der Waals surface area contributed by atoms with Crippen molar-refractivity contribution in [2.75, 3.05) is 33.8 Å². The number of nitro groups is 1. The molecule has 10 nitrogen and oxygen atoms in total. The second kappa shape index (κ2) is 8.71. The Bertz CT molecular complexity index is 901. The SMILES string of the molecule is COC(=O)c1cc(C(=O)Nc2cc(OC)c(OC)c(OC)c2)cc([N+](=O)[O-])c1. The largest absolute Gasteiger partial charge is 0.493 e. The number of carbonyl (C=O) groups excluding carboxylic acids is 2. The first-order valence-electron chi connectivity index (χ1n) is 7.83. The number of carbonyl (C=O) groups is 2. The number of anilines is 1. The van der Waals surface area contributed by atoms with Crippen LogP contribution in [0.25, 0.3) is 0 Å². The quantitative estimate of drug-likeness (QED) is 0.434. The zero-order valence-corrected chi connectivity index (χ0v) is 15.6. The van der Waals surface area contributed by atoms with Gasteiger partial charge in [-0.3, -0.25) is 14.9 Å². The van der Waals surface area contributed by atoms with Crippen molar-refractivity contribution in [2.45, 2.75) is 0 Å². The Labute approximate surface area is 160 Å². The van der Waals surface area contributed by atoms with Gasteiger partial charge in [-0.1, -0.05) is 0 Å². The number of nitrogens with zero attached hydrogens (tertiary/aromatic N) is 1. The van der Waals surface area contributed by atoms with Crippen LogP contribution < -0.4 is 19.5 Å². The summed E-state index contributed by atoms with van der Waals surface area (Å²) in [5.41, 5.74) is -0.335. The summed E-state index contributed by atoms with van der Waals surface area (Å²) >= 11 is 0. The first-order valence-corrected chi connectivity index (χ1v) is 7.83. The Kier molecular flexibility index (Phi) is 6.38. The lowest BCUT2D eigenvalue weighted by atomic mass is 10.1. The molecule has 0 unspecified atom stereocenters. The first kappa shape index (κ1) is 20.5. The Morgan fingerprint density at radius 2 is 1.46 bits per heavy atom. The van der Waals surface area contributed by atoms with Crippen LogP contribution in [-0.4, -0.2) is 45.2 Å². The minimum atomic E-state index is -0.800. The van der Waals surface area contributed by atoms with Crippen molar-refractivity contribution in [1.82, 2.24) is 0 Å². The number of methoxy groups -OCH3 is 4. The van der Waals surface area contributed by atoms with Gasteiger partial charge in [0.15, 0.2) is 11.5 Å². The number of amides is 1. The van der Waals surface area contributed by atoms with Crippen LogP contribution in [0.1, 0.15) is 20.7 Å². The Morgan fingerprint density at radius 1 is 0.893 bits per heavy atom. The molecule has 10 heteroatoms. The summed E-state index contributed by atoms with van der Waals surface area (Å²) in [6, 6.07) is 6.28. The molecule has 0 heterocycles. The van der Waals surface area contributed by atoms with Crippen LogP contribution >= 0.6 is 0 Å². The van der Waals surface area contributed by atoms with Gasteiger partial charge in [0.05, 0.1) is 38.9 Å². The fraction of sp³-hybridized carbons (Fsp3) is 0.222. The molecule has 1 amide bonds. The average molecular weight is 390 g/mol. The summed E-state index contributed by atoms with van der Waals surface area (Å²) in [5.74, 6) is -0.516. The molecule has 1 N–H and O–H groups in total. The van der Waals surface area contributed by atoms with Gasteiger partial charge in [0, 0.05) is 35.5 Å². The standard InChI is InChI=1S/C18H18N2O8/c1-25-14-8-12(9-15(26-2)16(14)27-3)19-17(21)10-5-11(18(22)28-4)7-13(6-10)20(23)24/h5-9H,1-4H3,(H,19,21). The zero-order valence-electron chi connectivity index (χ0n) is 15.6. The van der Waals surface area contributed by atoms with E-state index in [9.17, 15) is 19.7 Å². The van der Waals surface area contributed by atoms with Gasteiger partial charge in [-0.15, -0.1) is 0 Å². The third-order valence-electron chi connectivity index (χ3n) is 3.73. The summed E-state index contributed by atoms with van der Waals surface area (Å²) in [4.78, 5) is 34.7. The van der Waals surface area contributed by atoms with Crippen molar-refractivity contribution in [3.8, 4) is 17.2 Å². The molecule has 0 aliphatic heterocycles. The van der Waals surface area contributed by atoms with Crippen LogP contribution in [0.15, 0.2) is 30.3 Å². The monoisotopic (exact) mass is 390 g/mol. The highest BCUT2D eigenvalue weighted by molar-refractivity contribution is 6.06. The van der Waals surface area contributed by atoms with Crippen LogP contribution in [0, 0.1) is 10.1 Å². The Hall–Kier alpha value is -3.82. The number of non-ortho nitro benzene ring substituents is 1. The van der Waals surface area contributed by atoms with Gasteiger partial charge >= 0.3 is 5.97 Å². The number of esters is 1. The van der Waals surface area contributed by atoms with Crippen molar-refractivity contribution in [3.63, 3.8) is 0 Å². The lowest BCUT2D eigenvalue weighted by molar-refractivity contribution is -0.384. The lowest BCUT2D eigenvalue weighted by Gasteiger charge is -2.14. The normalized spacial score (nSPS) is 10.0. The first-order chi connectivity index (χ1) is 13.3. The molecule has 2 aromatic rings. The number of hydrogen-bond donors (Lipinski definition) is 1. The van der Waals surface area contributed by atoms with E-state index in [-0.39, 0.29) is 11.1 Å². The average Bonchev–Trinajstić information content (AvgIpc) is 2.71. The number of ether oxygens (including phenoxy) is 4. The van der Waals surface area contributed by atoms with Gasteiger partial charge in [0.1, 0.15) is 0 Å². The van der Waals surface area contributed by atoms with E-state index in [0.717, 1.165) is 19.2 Å². The molecule has 0 aliphatic rings. The Morgan fingerprint density at radius 3 is 1.93 bits per heavy atom. The minimum Gasteiger partial charge on any atom is -0.493 e. The third kappa shape index (κ3) is 4.29. The van der Waals surface area contributed by atoms with E-state index in [0.29, 0.717) is 22.9 Å². The topological polar surface area (TPSA) is 126 Å². The van der Waals surface area contributed by atoms with E-state index in [4.69, 9.17) is 14.2 Å². The van der Waals surface area contributed by atoms with Gasteiger partial charge in [0.2, 0.25) is 5.75 Å². The number of nitro benzene ring substituents is 1. The third-order valence-corrected chi connectivity index (χ3v) is 3.73. The molecule has 148 valence electrons. The summed E-state index contributed by atoms with van der Waals surface area (Å²) in [6.07, 6.45) is 0. The highest BCUT2D eigenvalue weighted by atomic mass is 16.6. The molecule has 0 atom stereocenters. The predicted octanol–water partition coefficient (Wildman–Crippen LogP) is 2.66. The summed E-state index contributed by atoms with van der Waals surface area (Å²) < 4.78 is 20.2. The molecule has 2 aromatic carbocycles. The maximum Gasteiger partial charge on any atom is 0.338 e. The van der Waals surface area contributed by atoms with Crippen molar-refractivity contribution >= 4 is 23.3 Å². The van der Waals surface area contributed by atoms with Crippen LogP contribution in [-0.2, 0) is 4.74 Å². The molecule has 0 aromatic heterocycles. The van der Waals surface area contributed by atoms with Gasteiger partial charge in [-0.05, 0) is 6.07 Å². The fourth-order valence-electron chi connectivity index (χ4n) is 2.44. The number of rotatable bonds is 7. The van der Waals surface area contributed by atoms with E-state index >= 15 is 0 Å². The second-order valence-electron chi connectivity index (χ2n) is 5.39. The van der Waals surface area contributed by atoms with E-state index in [1.54, 1.807) is 0 Å². The highest BCUT2D eigenvalue weighted by Crippen LogP contribution is 2.40. The molecule has 0 fully saturated rings. The van der Waals surface area contributed by atoms with E-state index < -0.39 is 22.5 Å². The molecular formula is C18H18N2O8. The van der Waals surface area contributed by atoms with E-state index in [1.807, 2.05) is 0 Å². The smallest absolute Gasteiger partial charge is 0.338 e. The predicted molar refractivity (Wildman–Crippen MR) is 98.5 cm³/mol. The van der Waals surface area contributed by atoms with E-state index in [1.165, 1.54) is 39.5 Å². The molecule has 2 rings (SSSR count). The van der Waals surface area contributed by atoms with Crippen molar-refractivity contribution in [2.24, 2.45) is 0 Å². The maximum atomic E-state index is 12.6. The van der Waals surface area contributed by atoms with Crippen LogP contribution in [0.2, 0.25) is 0 Å². The van der Waals surface area contributed by atoms with Crippen molar-refractivity contribution in [3.05, 3.63) is 51.6 Å². The van der Waals surface area contributed by atoms with Crippen LogP contribution in [0.3, 0.4) is 0 Å². The van der Waals surface area contributed by atoms with Gasteiger partial charge in [-0.2, -0.15) is 0 Å². The molecule has 0 saturated heterocycles. The van der Waals surface area contributed by atoms with Gasteiger partial charge in [-0.25, -0.2) is 4.79 Å². The maximum absolute atomic E-state index is 12.6. The molecule has 28 heavy (non-hydrogen) atoms. The molecule has 0 aliphatic carbocycles. The van der Waals surface area contributed by atoms with Gasteiger partial charge in [0.25, 0.3) is 11.6 Å². The highest BCUT2D eigenvalue weighted by Gasteiger charge is 2.20. The molecule has 0 bridgehead atoms. The lowest BCUT2D eigenvalue weighted by Crippen LogP contribution is -2.14. The molecule has 0 spiro atoms. The van der Waals surface area contributed by atoms with Gasteiger partial charge < -0.3 is 24.3 Å². The van der Waals surface area contributed by atoms with Crippen molar-refractivity contribution in [1.29, 1.82) is 0 Å². The zero-order chi connectivity index (χ0) is 20.8. The minimum absolute atomic E-state index is 0.0941. The van der Waals surface area contributed by atoms with Crippen molar-refractivity contribution < 1.29 is 33.5 Å². The number of benzene rings is 2. The summed E-state index contributed by atoms with van der Waals surface area (Å²) in [6.45, 7) is 0. The Balaban J connectivity index is 2.43. The fourth-order valence-corrected chi connectivity index (χ4v) is 2.44. The summed E-state index contributed by atoms with van der Waals surface area (Å²) in [5, 5.41) is 13.7. The number of nitrogens with one attached hydrogen (secondary N) is 1. The summed E-state index contributed by atoms with van der Waals surface area (Å²) in [7, 11) is 5.42. The number of hydrogen-bond acceptors (Lipinski definition) is 8.